The highest BCUT2D eigenvalue weighted by Crippen LogP contribution is 2.37. The van der Waals surface area contributed by atoms with Gasteiger partial charge in [0.2, 0.25) is 0 Å². The van der Waals surface area contributed by atoms with E-state index >= 15 is 0 Å². The van der Waals surface area contributed by atoms with Crippen LogP contribution in [0.15, 0.2) is 22.7 Å². The summed E-state index contributed by atoms with van der Waals surface area (Å²) >= 11 is 3.25. The Kier molecular flexibility index (Phi) is 4.79. The maximum atomic E-state index is 14.3. The molecule has 1 aromatic carbocycles. The van der Waals surface area contributed by atoms with Gasteiger partial charge in [0, 0.05) is 18.0 Å². The lowest BCUT2D eigenvalue weighted by atomic mass is 9.95. The fraction of sp³-hybridized carbons (Fsp3) is 0.571. The van der Waals surface area contributed by atoms with Crippen molar-refractivity contribution in [3.63, 3.8) is 0 Å². The number of piperidine rings is 1. The molecule has 0 aromatic heterocycles. The normalized spacial score (nSPS) is 20.3. The standard InChI is InChI=1S/C14H18BrF2NO/c1-19-13-6-5-10(8-12(13)15)14(16,17)9-11-4-2-3-7-18-11/h5-6,8,11,18H,2-4,7,9H2,1H3. The molecule has 2 rings (SSSR count). The third-order valence-corrected chi connectivity index (χ3v) is 4.11. The van der Waals surface area contributed by atoms with E-state index in [1.165, 1.54) is 19.2 Å². The maximum Gasteiger partial charge on any atom is 0.274 e. The number of nitrogens with one attached hydrogen (secondary N) is 1. The maximum absolute atomic E-state index is 14.3. The summed E-state index contributed by atoms with van der Waals surface area (Å²) in [5.41, 5.74) is 0.0348. The van der Waals surface area contributed by atoms with Crippen molar-refractivity contribution in [2.24, 2.45) is 0 Å². The van der Waals surface area contributed by atoms with E-state index in [1.807, 2.05) is 0 Å². The number of hydrogen-bond donors (Lipinski definition) is 1. The van der Waals surface area contributed by atoms with Crippen LogP contribution < -0.4 is 10.1 Å². The number of alkyl halides is 2. The summed E-state index contributed by atoms with van der Waals surface area (Å²) in [4.78, 5) is 0. The van der Waals surface area contributed by atoms with Gasteiger partial charge in [-0.25, -0.2) is 8.78 Å². The molecule has 1 N–H and O–H groups in total. The highest BCUT2D eigenvalue weighted by Gasteiger charge is 2.35. The zero-order valence-corrected chi connectivity index (χ0v) is 12.5. The zero-order valence-electron chi connectivity index (χ0n) is 10.9. The molecule has 1 aliphatic heterocycles. The zero-order chi connectivity index (χ0) is 13.9. The third kappa shape index (κ3) is 3.66. The van der Waals surface area contributed by atoms with Crippen LogP contribution in [0.1, 0.15) is 31.2 Å². The molecule has 1 unspecified atom stereocenters. The topological polar surface area (TPSA) is 21.3 Å². The predicted molar refractivity (Wildman–Crippen MR) is 74.8 cm³/mol. The van der Waals surface area contributed by atoms with E-state index in [9.17, 15) is 8.78 Å². The minimum Gasteiger partial charge on any atom is -0.496 e. The first-order valence-corrected chi connectivity index (χ1v) is 7.27. The number of methoxy groups -OCH3 is 1. The summed E-state index contributed by atoms with van der Waals surface area (Å²) in [5, 5.41) is 3.17. The van der Waals surface area contributed by atoms with E-state index < -0.39 is 5.92 Å². The SMILES string of the molecule is COc1ccc(C(F)(F)CC2CCCCN2)cc1Br. The van der Waals surface area contributed by atoms with Crippen LogP contribution in [0.5, 0.6) is 5.75 Å². The van der Waals surface area contributed by atoms with Crippen molar-refractivity contribution >= 4 is 15.9 Å². The molecule has 1 fully saturated rings. The molecular weight excluding hydrogens is 316 g/mol. The van der Waals surface area contributed by atoms with Crippen LogP contribution in [0.3, 0.4) is 0 Å². The van der Waals surface area contributed by atoms with Crippen LogP contribution >= 0.6 is 15.9 Å². The molecule has 1 aliphatic rings. The van der Waals surface area contributed by atoms with E-state index in [2.05, 4.69) is 21.2 Å². The Morgan fingerprint density at radius 3 is 2.79 bits per heavy atom. The minimum absolute atomic E-state index is 0.0348. The molecule has 1 heterocycles. The number of benzene rings is 1. The Hall–Kier alpha value is -0.680. The van der Waals surface area contributed by atoms with Gasteiger partial charge in [0.25, 0.3) is 5.92 Å². The van der Waals surface area contributed by atoms with E-state index in [-0.39, 0.29) is 18.0 Å². The van der Waals surface area contributed by atoms with Crippen molar-refractivity contribution in [1.82, 2.24) is 5.32 Å². The fourth-order valence-electron chi connectivity index (χ4n) is 2.42. The summed E-state index contributed by atoms with van der Waals surface area (Å²) in [6.07, 6.45) is 2.79. The monoisotopic (exact) mass is 333 g/mol. The first-order chi connectivity index (χ1) is 9.03. The molecule has 1 atom stereocenters. The summed E-state index contributed by atoms with van der Waals surface area (Å²) in [6, 6.07) is 4.36. The second kappa shape index (κ2) is 6.18. The fourth-order valence-corrected chi connectivity index (χ4v) is 2.96. The first kappa shape index (κ1) is 14.7. The molecule has 5 heteroatoms. The number of hydrogen-bond acceptors (Lipinski definition) is 2. The van der Waals surface area contributed by atoms with Gasteiger partial charge in [0.1, 0.15) is 5.75 Å². The van der Waals surface area contributed by atoms with Crippen LogP contribution in [-0.4, -0.2) is 19.7 Å². The Balaban J connectivity index is 2.11. The average molecular weight is 334 g/mol. The van der Waals surface area contributed by atoms with Gasteiger partial charge in [-0.05, 0) is 53.5 Å². The number of halogens is 3. The summed E-state index contributed by atoms with van der Waals surface area (Å²) in [5.74, 6) is -2.25. The molecule has 0 bridgehead atoms. The summed E-state index contributed by atoms with van der Waals surface area (Å²) in [6.45, 7) is 0.840. The van der Waals surface area contributed by atoms with E-state index in [4.69, 9.17) is 4.74 Å². The van der Waals surface area contributed by atoms with Crippen LogP contribution in [0.4, 0.5) is 8.78 Å². The van der Waals surface area contributed by atoms with Crippen molar-refractivity contribution in [1.29, 1.82) is 0 Å². The molecule has 1 aromatic rings. The number of ether oxygens (including phenoxy) is 1. The van der Waals surface area contributed by atoms with Crippen molar-refractivity contribution in [3.05, 3.63) is 28.2 Å². The van der Waals surface area contributed by atoms with Gasteiger partial charge in [-0.2, -0.15) is 0 Å². The van der Waals surface area contributed by atoms with Gasteiger partial charge in [-0.1, -0.05) is 6.42 Å². The second-order valence-electron chi connectivity index (χ2n) is 4.90. The molecule has 0 spiro atoms. The Morgan fingerprint density at radius 1 is 1.42 bits per heavy atom. The van der Waals surface area contributed by atoms with Gasteiger partial charge in [-0.15, -0.1) is 0 Å². The molecule has 2 nitrogen and oxygen atoms in total. The van der Waals surface area contributed by atoms with Gasteiger partial charge < -0.3 is 10.1 Å². The van der Waals surface area contributed by atoms with Crippen molar-refractivity contribution in [3.8, 4) is 5.75 Å². The smallest absolute Gasteiger partial charge is 0.274 e. The van der Waals surface area contributed by atoms with Crippen LogP contribution in [0.2, 0.25) is 0 Å². The lowest BCUT2D eigenvalue weighted by Gasteiger charge is -2.28. The quantitative estimate of drug-likeness (QED) is 0.896. The Morgan fingerprint density at radius 2 is 2.21 bits per heavy atom. The lowest BCUT2D eigenvalue weighted by Crippen LogP contribution is -2.37. The predicted octanol–water partition coefficient (Wildman–Crippen LogP) is 4.08. The summed E-state index contributed by atoms with van der Waals surface area (Å²) in [7, 11) is 1.52. The molecule has 0 radical (unpaired) electrons. The molecule has 0 saturated carbocycles. The molecule has 0 aliphatic carbocycles. The number of rotatable bonds is 4. The highest BCUT2D eigenvalue weighted by molar-refractivity contribution is 9.10. The van der Waals surface area contributed by atoms with Crippen LogP contribution in [0.25, 0.3) is 0 Å². The minimum atomic E-state index is -2.82. The molecule has 19 heavy (non-hydrogen) atoms. The Bertz CT molecular complexity index is 433. The largest absolute Gasteiger partial charge is 0.496 e. The van der Waals surface area contributed by atoms with Crippen molar-refractivity contribution in [2.75, 3.05) is 13.7 Å². The third-order valence-electron chi connectivity index (χ3n) is 3.49. The van der Waals surface area contributed by atoms with Crippen LogP contribution in [-0.2, 0) is 5.92 Å². The highest BCUT2D eigenvalue weighted by atomic mass is 79.9. The van der Waals surface area contributed by atoms with Gasteiger partial charge in [0.05, 0.1) is 11.6 Å². The van der Waals surface area contributed by atoms with E-state index in [0.29, 0.717) is 10.2 Å². The summed E-state index contributed by atoms with van der Waals surface area (Å²) < 4.78 is 34.1. The lowest BCUT2D eigenvalue weighted by molar-refractivity contribution is -0.0254. The van der Waals surface area contributed by atoms with Gasteiger partial charge in [0.15, 0.2) is 0 Å². The molecule has 106 valence electrons. The van der Waals surface area contributed by atoms with Gasteiger partial charge in [-0.3, -0.25) is 0 Å². The molecule has 0 amide bonds. The Labute approximate surface area is 120 Å². The van der Waals surface area contributed by atoms with Crippen LogP contribution in [0, 0.1) is 0 Å². The van der Waals surface area contributed by atoms with Crippen molar-refractivity contribution < 1.29 is 13.5 Å². The first-order valence-electron chi connectivity index (χ1n) is 6.48. The van der Waals surface area contributed by atoms with Gasteiger partial charge >= 0.3 is 0 Å². The molecule has 1 saturated heterocycles. The molecular formula is C14H18BrF2NO. The van der Waals surface area contributed by atoms with Crippen molar-refractivity contribution in [2.45, 2.75) is 37.6 Å². The van der Waals surface area contributed by atoms with E-state index in [1.54, 1.807) is 6.07 Å². The second-order valence-corrected chi connectivity index (χ2v) is 5.76. The van der Waals surface area contributed by atoms with E-state index in [0.717, 1.165) is 25.8 Å². The average Bonchev–Trinajstić information content (AvgIpc) is 2.39.